The molecule has 0 saturated carbocycles. The molecular formula is C27H24BrClN2O3. The van der Waals surface area contributed by atoms with E-state index >= 15 is 0 Å². The molecule has 3 aromatic rings. The molecule has 7 heteroatoms. The van der Waals surface area contributed by atoms with Gasteiger partial charge in [-0.05, 0) is 59.9 Å². The third-order valence-electron chi connectivity index (χ3n) is 6.46. The van der Waals surface area contributed by atoms with Crippen LogP contribution in [0.4, 0.5) is 11.4 Å². The normalized spacial score (nSPS) is 19.4. The fourth-order valence-electron chi connectivity index (χ4n) is 4.79. The molecule has 2 N–H and O–H groups in total. The second-order valence-corrected chi connectivity index (χ2v) is 9.74. The Morgan fingerprint density at radius 2 is 1.62 bits per heavy atom. The topological polar surface area (TPSA) is 59.6 Å². The van der Waals surface area contributed by atoms with Crippen LogP contribution >= 0.6 is 27.5 Å². The van der Waals surface area contributed by atoms with Crippen molar-refractivity contribution in [2.24, 2.45) is 0 Å². The van der Waals surface area contributed by atoms with Gasteiger partial charge in [0.15, 0.2) is 17.3 Å². The Morgan fingerprint density at radius 1 is 0.941 bits per heavy atom. The van der Waals surface area contributed by atoms with Crippen LogP contribution in [-0.4, -0.2) is 20.0 Å². The van der Waals surface area contributed by atoms with Crippen LogP contribution in [0.1, 0.15) is 35.9 Å². The highest BCUT2D eigenvalue weighted by Crippen LogP contribution is 2.47. The third kappa shape index (κ3) is 4.17. The Balaban J connectivity index is 1.64. The van der Waals surface area contributed by atoms with Gasteiger partial charge in [-0.1, -0.05) is 51.8 Å². The Morgan fingerprint density at radius 3 is 2.32 bits per heavy atom. The number of methoxy groups -OCH3 is 2. The fraction of sp³-hybridized carbons (Fsp3) is 0.222. The van der Waals surface area contributed by atoms with Crippen LogP contribution in [0, 0.1) is 0 Å². The summed E-state index contributed by atoms with van der Waals surface area (Å²) in [7, 11) is 3.22. The van der Waals surface area contributed by atoms with E-state index in [1.807, 2.05) is 60.7 Å². The van der Waals surface area contributed by atoms with E-state index in [2.05, 4.69) is 26.6 Å². The van der Waals surface area contributed by atoms with E-state index in [1.54, 1.807) is 14.2 Å². The van der Waals surface area contributed by atoms with Gasteiger partial charge < -0.3 is 20.1 Å². The largest absolute Gasteiger partial charge is 0.493 e. The molecule has 5 nitrogen and oxygen atoms in total. The van der Waals surface area contributed by atoms with Gasteiger partial charge in [-0.25, -0.2) is 0 Å². The zero-order valence-electron chi connectivity index (χ0n) is 18.8. The van der Waals surface area contributed by atoms with E-state index in [9.17, 15) is 4.79 Å². The molecule has 3 aromatic carbocycles. The van der Waals surface area contributed by atoms with E-state index in [0.717, 1.165) is 44.7 Å². The number of carbonyl (C=O) groups is 1. The minimum Gasteiger partial charge on any atom is -0.493 e. The van der Waals surface area contributed by atoms with E-state index in [0.29, 0.717) is 22.9 Å². The molecule has 0 fully saturated rings. The molecular weight excluding hydrogens is 516 g/mol. The number of anilines is 2. The summed E-state index contributed by atoms with van der Waals surface area (Å²) in [5.74, 6) is 1.42. The standard InChI is InChI=1S/C27H24BrClN2O3/c1-33-24-13-18(19(28)14-25(24)34-2)27-26-22(30-20-5-3-4-6-21(20)31-27)11-16(12-23(26)32)15-7-9-17(29)10-8-15/h3-10,13-14,16,27,30-31H,11-12H2,1-2H3. The van der Waals surface area contributed by atoms with Crippen molar-refractivity contribution in [3.05, 3.63) is 92.6 Å². The highest BCUT2D eigenvalue weighted by molar-refractivity contribution is 9.10. The van der Waals surface area contributed by atoms with Gasteiger partial charge in [-0.15, -0.1) is 0 Å². The molecule has 1 aliphatic heterocycles. The predicted octanol–water partition coefficient (Wildman–Crippen LogP) is 7.10. The smallest absolute Gasteiger partial charge is 0.163 e. The maximum Gasteiger partial charge on any atom is 0.163 e. The second-order valence-electron chi connectivity index (χ2n) is 8.45. The molecule has 34 heavy (non-hydrogen) atoms. The summed E-state index contributed by atoms with van der Waals surface area (Å²) in [6.07, 6.45) is 1.15. The first-order chi connectivity index (χ1) is 16.5. The first-order valence-electron chi connectivity index (χ1n) is 11.0. The Kier molecular flexibility index (Phi) is 6.28. The van der Waals surface area contributed by atoms with Crippen LogP contribution in [0.3, 0.4) is 0 Å². The van der Waals surface area contributed by atoms with Crippen molar-refractivity contribution in [1.29, 1.82) is 0 Å². The Labute approximate surface area is 212 Å². The number of hydrogen-bond acceptors (Lipinski definition) is 5. The second kappa shape index (κ2) is 9.35. The van der Waals surface area contributed by atoms with Crippen LogP contribution in [0.2, 0.25) is 5.02 Å². The first-order valence-corrected chi connectivity index (χ1v) is 12.2. The van der Waals surface area contributed by atoms with Crippen LogP contribution in [0.15, 0.2) is 76.4 Å². The molecule has 5 rings (SSSR count). The number of halogens is 2. The van der Waals surface area contributed by atoms with Gasteiger partial charge in [0.05, 0.1) is 31.6 Å². The van der Waals surface area contributed by atoms with E-state index in [4.69, 9.17) is 21.1 Å². The van der Waals surface area contributed by atoms with Crippen molar-refractivity contribution in [3.8, 4) is 11.5 Å². The van der Waals surface area contributed by atoms with E-state index in [-0.39, 0.29) is 17.7 Å². The number of nitrogens with one attached hydrogen (secondary N) is 2. The molecule has 0 spiro atoms. The summed E-state index contributed by atoms with van der Waals surface area (Å²) in [6, 6.07) is 19.2. The summed E-state index contributed by atoms with van der Waals surface area (Å²) in [5, 5.41) is 7.87. The Hall–Kier alpha value is -2.96. The number of benzene rings is 3. The van der Waals surface area contributed by atoms with Gasteiger partial charge >= 0.3 is 0 Å². The minimum atomic E-state index is -0.362. The lowest BCUT2D eigenvalue weighted by molar-refractivity contribution is -0.116. The first kappa shape index (κ1) is 22.8. The predicted molar refractivity (Wildman–Crippen MR) is 139 cm³/mol. The molecule has 1 aliphatic carbocycles. The van der Waals surface area contributed by atoms with Gasteiger partial charge in [-0.3, -0.25) is 4.79 Å². The highest BCUT2D eigenvalue weighted by atomic mass is 79.9. The molecule has 0 bridgehead atoms. The third-order valence-corrected chi connectivity index (χ3v) is 7.40. The molecule has 0 radical (unpaired) electrons. The number of ether oxygens (including phenoxy) is 2. The number of rotatable bonds is 4. The zero-order valence-corrected chi connectivity index (χ0v) is 21.2. The maximum absolute atomic E-state index is 13.7. The summed E-state index contributed by atoms with van der Waals surface area (Å²) >= 11 is 9.80. The van der Waals surface area contributed by atoms with Crippen LogP contribution in [0.5, 0.6) is 11.5 Å². The van der Waals surface area contributed by atoms with Crippen molar-refractivity contribution in [2.45, 2.75) is 24.8 Å². The lowest BCUT2D eigenvalue weighted by atomic mass is 9.78. The average Bonchev–Trinajstić information content (AvgIpc) is 3.01. The molecule has 0 aromatic heterocycles. The zero-order chi connectivity index (χ0) is 23.8. The molecule has 1 heterocycles. The lowest BCUT2D eigenvalue weighted by Crippen LogP contribution is -2.27. The summed E-state index contributed by atoms with van der Waals surface area (Å²) in [4.78, 5) is 13.7. The van der Waals surface area contributed by atoms with Crippen molar-refractivity contribution < 1.29 is 14.3 Å². The van der Waals surface area contributed by atoms with Crippen LogP contribution in [0.25, 0.3) is 0 Å². The van der Waals surface area contributed by atoms with Gasteiger partial charge in [-0.2, -0.15) is 0 Å². The number of Topliss-reactive ketones (excluding diaryl/α,β-unsaturated/α-hetero) is 1. The van der Waals surface area contributed by atoms with E-state index in [1.165, 1.54) is 0 Å². The van der Waals surface area contributed by atoms with Crippen LogP contribution < -0.4 is 20.1 Å². The fourth-order valence-corrected chi connectivity index (χ4v) is 5.46. The molecule has 174 valence electrons. The number of fused-ring (bicyclic) bond motifs is 1. The quantitative estimate of drug-likeness (QED) is 0.370. The SMILES string of the molecule is COc1cc(Br)c(C2Nc3ccccc3NC3=C2C(=O)CC(c2ccc(Cl)cc2)C3)cc1OC. The number of carbonyl (C=O) groups excluding carboxylic acids is 1. The number of allylic oxidation sites excluding steroid dienone is 1. The van der Waals surface area contributed by atoms with Gasteiger partial charge in [0, 0.05) is 27.2 Å². The minimum absolute atomic E-state index is 0.0794. The molecule has 2 aliphatic rings. The average molecular weight is 540 g/mol. The number of ketones is 1. The van der Waals surface area contributed by atoms with E-state index < -0.39 is 0 Å². The molecule has 2 unspecified atom stereocenters. The molecule has 2 atom stereocenters. The van der Waals surface area contributed by atoms with Crippen molar-refractivity contribution >= 4 is 44.7 Å². The van der Waals surface area contributed by atoms with Gasteiger partial charge in [0.2, 0.25) is 0 Å². The van der Waals surface area contributed by atoms with Crippen LogP contribution in [-0.2, 0) is 4.79 Å². The van der Waals surface area contributed by atoms with Gasteiger partial charge in [0.1, 0.15) is 0 Å². The van der Waals surface area contributed by atoms with Crippen molar-refractivity contribution in [2.75, 3.05) is 24.9 Å². The van der Waals surface area contributed by atoms with Crippen molar-refractivity contribution in [3.63, 3.8) is 0 Å². The summed E-state index contributed by atoms with van der Waals surface area (Å²) in [6.45, 7) is 0. The maximum atomic E-state index is 13.7. The van der Waals surface area contributed by atoms with Crippen molar-refractivity contribution in [1.82, 2.24) is 0 Å². The lowest BCUT2D eigenvalue weighted by Gasteiger charge is -2.30. The monoisotopic (exact) mass is 538 g/mol. The molecule has 0 saturated heterocycles. The number of hydrogen-bond donors (Lipinski definition) is 2. The highest BCUT2D eigenvalue weighted by Gasteiger charge is 2.37. The summed E-state index contributed by atoms with van der Waals surface area (Å²) in [5.41, 5.74) is 5.56. The Bertz CT molecular complexity index is 1290. The number of para-hydroxylation sites is 2. The summed E-state index contributed by atoms with van der Waals surface area (Å²) < 4.78 is 11.9. The van der Waals surface area contributed by atoms with Gasteiger partial charge in [0.25, 0.3) is 0 Å². The molecule has 0 amide bonds.